The summed E-state index contributed by atoms with van der Waals surface area (Å²) in [6.45, 7) is 6.20. The summed E-state index contributed by atoms with van der Waals surface area (Å²) in [4.78, 5) is 22.9. The van der Waals surface area contributed by atoms with Crippen molar-refractivity contribution in [1.82, 2.24) is 19.7 Å². The third-order valence-electron chi connectivity index (χ3n) is 4.07. The Hall–Kier alpha value is -2.65. The van der Waals surface area contributed by atoms with E-state index in [1.54, 1.807) is 23.0 Å². The van der Waals surface area contributed by atoms with Crippen LogP contribution in [0.2, 0.25) is 0 Å². The van der Waals surface area contributed by atoms with E-state index in [-0.39, 0.29) is 5.56 Å². The molecule has 4 heterocycles. The standard InChI is InChI=1S/C19H18N4O3S2/c1-3-6-14-20-15(26-22-14)11-28-19-21-17-16(18(24)23(19)8-4-2)12(10-27-17)13-7-5-9-25-13/h4-5,7,9-10H,2-3,6,8,11H2,1H3. The lowest BCUT2D eigenvalue weighted by atomic mass is 10.2. The number of hydrogen-bond acceptors (Lipinski definition) is 8. The van der Waals surface area contributed by atoms with Gasteiger partial charge in [0.15, 0.2) is 11.0 Å². The van der Waals surface area contributed by atoms with Crippen molar-refractivity contribution in [3.05, 3.63) is 58.5 Å². The average Bonchev–Trinajstić information content (AvgIpc) is 3.43. The van der Waals surface area contributed by atoms with Crippen LogP contribution in [0.15, 0.2) is 55.3 Å². The van der Waals surface area contributed by atoms with E-state index in [1.165, 1.54) is 23.1 Å². The summed E-state index contributed by atoms with van der Waals surface area (Å²) in [7, 11) is 0. The summed E-state index contributed by atoms with van der Waals surface area (Å²) >= 11 is 2.82. The highest BCUT2D eigenvalue weighted by Crippen LogP contribution is 2.32. The lowest BCUT2D eigenvalue weighted by Gasteiger charge is -2.09. The molecular formula is C19H18N4O3S2. The molecule has 4 aromatic heterocycles. The molecule has 0 aliphatic rings. The fourth-order valence-corrected chi connectivity index (χ4v) is 4.63. The van der Waals surface area contributed by atoms with Crippen LogP contribution in [0.3, 0.4) is 0 Å². The summed E-state index contributed by atoms with van der Waals surface area (Å²) < 4.78 is 12.4. The maximum atomic E-state index is 13.2. The van der Waals surface area contributed by atoms with E-state index in [1.807, 2.05) is 11.4 Å². The van der Waals surface area contributed by atoms with Gasteiger partial charge in [-0.3, -0.25) is 9.36 Å². The summed E-state index contributed by atoms with van der Waals surface area (Å²) in [5.41, 5.74) is 0.648. The Labute approximate surface area is 169 Å². The van der Waals surface area contributed by atoms with Crippen LogP contribution < -0.4 is 5.56 Å². The van der Waals surface area contributed by atoms with Crippen molar-refractivity contribution in [2.75, 3.05) is 0 Å². The van der Waals surface area contributed by atoms with Crippen LogP contribution in [-0.2, 0) is 18.7 Å². The molecule has 0 aliphatic carbocycles. The van der Waals surface area contributed by atoms with Crippen molar-refractivity contribution in [3.8, 4) is 11.3 Å². The maximum absolute atomic E-state index is 13.2. The first-order valence-corrected chi connectivity index (χ1v) is 10.7. The molecule has 0 spiro atoms. The molecule has 9 heteroatoms. The second kappa shape index (κ2) is 8.15. The molecule has 4 aromatic rings. The molecule has 0 amide bonds. The van der Waals surface area contributed by atoms with E-state index in [2.05, 4.69) is 23.6 Å². The van der Waals surface area contributed by atoms with E-state index in [0.29, 0.717) is 45.1 Å². The molecule has 0 unspecified atom stereocenters. The number of nitrogens with zero attached hydrogens (tertiary/aromatic N) is 4. The SMILES string of the molecule is C=CCn1c(SCc2nc(CCC)no2)nc2scc(-c3ccco3)c2c1=O. The van der Waals surface area contributed by atoms with Gasteiger partial charge in [-0.2, -0.15) is 4.98 Å². The predicted molar refractivity (Wildman–Crippen MR) is 110 cm³/mol. The van der Waals surface area contributed by atoms with Crippen LogP contribution in [0.1, 0.15) is 25.1 Å². The molecule has 0 aromatic carbocycles. The zero-order valence-corrected chi connectivity index (χ0v) is 16.9. The van der Waals surface area contributed by atoms with E-state index in [0.717, 1.165) is 18.4 Å². The lowest BCUT2D eigenvalue weighted by molar-refractivity contribution is 0.384. The van der Waals surface area contributed by atoms with Crippen LogP contribution in [0.4, 0.5) is 0 Å². The van der Waals surface area contributed by atoms with Crippen LogP contribution in [0, 0.1) is 0 Å². The van der Waals surface area contributed by atoms with Crippen LogP contribution >= 0.6 is 23.1 Å². The van der Waals surface area contributed by atoms with Gasteiger partial charge >= 0.3 is 0 Å². The fourth-order valence-electron chi connectivity index (χ4n) is 2.82. The molecule has 0 fully saturated rings. The number of aromatic nitrogens is 4. The van der Waals surface area contributed by atoms with Crippen LogP contribution in [0.5, 0.6) is 0 Å². The Kier molecular flexibility index (Phi) is 5.45. The van der Waals surface area contributed by atoms with Gasteiger partial charge in [0, 0.05) is 23.9 Å². The molecule has 28 heavy (non-hydrogen) atoms. The highest BCUT2D eigenvalue weighted by molar-refractivity contribution is 7.98. The summed E-state index contributed by atoms with van der Waals surface area (Å²) in [6, 6.07) is 3.64. The van der Waals surface area contributed by atoms with Gasteiger partial charge in [0.1, 0.15) is 10.6 Å². The second-order valence-corrected chi connectivity index (χ2v) is 7.85. The summed E-state index contributed by atoms with van der Waals surface area (Å²) in [5, 5.41) is 7.03. The Bertz CT molecular complexity index is 1160. The van der Waals surface area contributed by atoms with Gasteiger partial charge < -0.3 is 8.94 Å². The first-order chi connectivity index (χ1) is 13.7. The third kappa shape index (κ3) is 3.55. The van der Waals surface area contributed by atoms with Crippen LogP contribution in [-0.4, -0.2) is 19.7 Å². The highest BCUT2D eigenvalue weighted by Gasteiger charge is 2.19. The van der Waals surface area contributed by atoms with Gasteiger partial charge in [0.2, 0.25) is 5.89 Å². The van der Waals surface area contributed by atoms with Crippen molar-refractivity contribution in [3.63, 3.8) is 0 Å². The molecule has 7 nitrogen and oxygen atoms in total. The average molecular weight is 415 g/mol. The van der Waals surface area contributed by atoms with Crippen molar-refractivity contribution < 1.29 is 8.94 Å². The summed E-state index contributed by atoms with van der Waals surface area (Å²) in [5.74, 6) is 2.33. The minimum atomic E-state index is -0.114. The lowest BCUT2D eigenvalue weighted by Crippen LogP contribution is -2.22. The minimum Gasteiger partial charge on any atom is -0.464 e. The number of thiophene rings is 1. The van der Waals surface area contributed by atoms with Crippen molar-refractivity contribution in [2.45, 2.75) is 37.2 Å². The van der Waals surface area contributed by atoms with E-state index in [9.17, 15) is 4.79 Å². The van der Waals surface area contributed by atoms with Gasteiger partial charge in [-0.05, 0) is 18.6 Å². The van der Waals surface area contributed by atoms with Crippen molar-refractivity contribution in [2.24, 2.45) is 0 Å². The molecule has 0 saturated heterocycles. The zero-order chi connectivity index (χ0) is 19.5. The number of fused-ring (bicyclic) bond motifs is 1. The van der Waals surface area contributed by atoms with Gasteiger partial charge in [-0.15, -0.1) is 17.9 Å². The second-order valence-electron chi connectivity index (χ2n) is 6.05. The molecule has 0 bridgehead atoms. The number of thioether (sulfide) groups is 1. The Balaban J connectivity index is 1.70. The zero-order valence-electron chi connectivity index (χ0n) is 15.3. The predicted octanol–water partition coefficient (Wildman–Crippen LogP) is 4.53. The number of allylic oxidation sites excluding steroid dienone is 1. The monoisotopic (exact) mass is 414 g/mol. The Morgan fingerprint density at radius 3 is 3.04 bits per heavy atom. The highest BCUT2D eigenvalue weighted by atomic mass is 32.2. The van der Waals surface area contributed by atoms with Gasteiger partial charge in [-0.25, -0.2) is 4.98 Å². The molecule has 144 valence electrons. The Morgan fingerprint density at radius 1 is 1.39 bits per heavy atom. The third-order valence-corrected chi connectivity index (χ3v) is 5.90. The van der Waals surface area contributed by atoms with Crippen molar-refractivity contribution in [1.29, 1.82) is 0 Å². The van der Waals surface area contributed by atoms with E-state index < -0.39 is 0 Å². The number of aryl methyl sites for hydroxylation is 1. The Morgan fingerprint density at radius 2 is 2.29 bits per heavy atom. The fraction of sp³-hybridized carbons (Fsp3) is 0.263. The quantitative estimate of drug-likeness (QED) is 0.238. The molecule has 0 atom stereocenters. The topological polar surface area (TPSA) is 86.9 Å². The first-order valence-electron chi connectivity index (χ1n) is 8.82. The number of furan rings is 1. The molecule has 0 N–H and O–H groups in total. The van der Waals surface area contributed by atoms with Crippen molar-refractivity contribution >= 4 is 33.3 Å². The summed E-state index contributed by atoms with van der Waals surface area (Å²) in [6.07, 6.45) is 5.02. The minimum absolute atomic E-state index is 0.114. The van der Waals surface area contributed by atoms with Gasteiger partial charge in [-0.1, -0.05) is 29.9 Å². The van der Waals surface area contributed by atoms with E-state index >= 15 is 0 Å². The maximum Gasteiger partial charge on any atom is 0.263 e. The first kappa shape index (κ1) is 18.7. The number of hydrogen-bond donors (Lipinski definition) is 0. The smallest absolute Gasteiger partial charge is 0.263 e. The molecular weight excluding hydrogens is 396 g/mol. The normalized spacial score (nSPS) is 11.3. The molecule has 0 aliphatic heterocycles. The molecule has 0 radical (unpaired) electrons. The van der Waals surface area contributed by atoms with E-state index in [4.69, 9.17) is 13.9 Å². The van der Waals surface area contributed by atoms with Gasteiger partial charge in [0.25, 0.3) is 5.56 Å². The van der Waals surface area contributed by atoms with Gasteiger partial charge in [0.05, 0.1) is 17.4 Å². The molecule has 4 rings (SSSR count). The molecule has 0 saturated carbocycles. The largest absolute Gasteiger partial charge is 0.464 e. The van der Waals surface area contributed by atoms with Crippen LogP contribution in [0.25, 0.3) is 21.5 Å². The number of rotatable bonds is 8.